The fourth-order valence-electron chi connectivity index (χ4n) is 3.53. The number of nitrogens with zero attached hydrogens (tertiary/aromatic N) is 6. The molecule has 2 aromatic heterocycles. The highest BCUT2D eigenvalue weighted by Crippen LogP contribution is 2.01. The Balaban J connectivity index is 1.63. The Kier molecular flexibility index (Phi) is 6.23. The molecule has 0 atom stereocenters. The van der Waals surface area contributed by atoms with Crippen molar-refractivity contribution in [1.82, 2.24) is 29.9 Å². The summed E-state index contributed by atoms with van der Waals surface area (Å²) in [6, 6.07) is 0. The van der Waals surface area contributed by atoms with E-state index in [9.17, 15) is 0 Å². The molecule has 0 saturated carbocycles. The SMILES string of the molecule is C1Cc2nc3nc(n2)CC[NH2+]CCc2nc(nc(n2)CC[NH2+]CC3)CC[NH2+]1. The molecule has 0 unspecified atom stereocenters. The van der Waals surface area contributed by atoms with Crippen LogP contribution in [0.1, 0.15) is 34.9 Å². The van der Waals surface area contributed by atoms with Gasteiger partial charge in [-0.15, -0.1) is 0 Å². The molecule has 6 N–H and O–H groups in total. The molecule has 0 radical (unpaired) electrons. The van der Waals surface area contributed by atoms with E-state index < -0.39 is 0 Å². The van der Waals surface area contributed by atoms with E-state index in [2.05, 4.69) is 16.0 Å². The van der Waals surface area contributed by atoms with E-state index in [4.69, 9.17) is 29.9 Å². The number of hydrogen-bond acceptors (Lipinski definition) is 6. The molecule has 9 heteroatoms. The van der Waals surface area contributed by atoms with Crippen molar-refractivity contribution in [2.75, 3.05) is 39.3 Å². The van der Waals surface area contributed by atoms with Gasteiger partial charge in [0.05, 0.1) is 77.8 Å². The highest BCUT2D eigenvalue weighted by Gasteiger charge is 2.13. The predicted octanol–water partition coefficient (Wildman–Crippen LogP) is -4.27. The monoisotopic (exact) mass is 372 g/mol. The summed E-state index contributed by atoms with van der Waals surface area (Å²) in [6.07, 6.45) is 5.27. The number of nitrogens with two attached hydrogens (primary N) is 3. The number of fused-ring (bicyclic) bond motifs is 12. The second-order valence-corrected chi connectivity index (χ2v) is 7.27. The minimum absolute atomic E-state index is 0.879. The summed E-state index contributed by atoms with van der Waals surface area (Å²) >= 11 is 0. The van der Waals surface area contributed by atoms with Gasteiger partial charge in [-0.1, -0.05) is 0 Å². The van der Waals surface area contributed by atoms with Crippen LogP contribution in [-0.2, 0) is 38.5 Å². The average Bonchev–Trinajstić information content (AvgIpc) is 2.66. The average molecular weight is 373 g/mol. The van der Waals surface area contributed by atoms with Crippen molar-refractivity contribution in [3.8, 4) is 0 Å². The summed E-state index contributed by atoms with van der Waals surface area (Å²) in [4.78, 5) is 28.3. The summed E-state index contributed by atoms with van der Waals surface area (Å²) in [5.74, 6) is 5.64. The third-order valence-electron chi connectivity index (χ3n) is 4.98. The van der Waals surface area contributed by atoms with Gasteiger partial charge in [0.1, 0.15) is 34.9 Å². The molecule has 3 aliphatic rings. The number of rotatable bonds is 0. The second-order valence-electron chi connectivity index (χ2n) is 7.27. The van der Waals surface area contributed by atoms with E-state index in [1.54, 1.807) is 0 Å². The van der Waals surface area contributed by atoms with E-state index in [0.717, 1.165) is 113 Å². The van der Waals surface area contributed by atoms with E-state index in [0.29, 0.717) is 0 Å². The van der Waals surface area contributed by atoms with Crippen LogP contribution in [0.2, 0.25) is 0 Å². The summed E-state index contributed by atoms with van der Waals surface area (Å²) in [5, 5.41) is 6.93. The summed E-state index contributed by atoms with van der Waals surface area (Å²) in [5.41, 5.74) is 0. The van der Waals surface area contributed by atoms with Gasteiger partial charge in [-0.2, -0.15) is 0 Å². The number of aromatic nitrogens is 6. The van der Waals surface area contributed by atoms with Crippen molar-refractivity contribution >= 4 is 0 Å². The highest BCUT2D eigenvalue weighted by atomic mass is 15.1. The minimum Gasteiger partial charge on any atom is -0.346 e. The first kappa shape index (κ1) is 18.3. The first-order valence-electron chi connectivity index (χ1n) is 10.3. The molecule has 0 aromatic carbocycles. The first-order valence-corrected chi connectivity index (χ1v) is 10.3. The zero-order chi connectivity index (χ0) is 18.3. The molecule has 144 valence electrons. The van der Waals surface area contributed by atoms with Crippen molar-refractivity contribution in [1.29, 1.82) is 0 Å². The van der Waals surface area contributed by atoms with Crippen LogP contribution in [0.5, 0.6) is 0 Å². The molecule has 0 saturated heterocycles. The van der Waals surface area contributed by atoms with Gasteiger partial charge in [-0.3, -0.25) is 0 Å². The molecule has 0 amide bonds. The molecular weight excluding hydrogens is 342 g/mol. The lowest BCUT2D eigenvalue weighted by atomic mass is 10.2. The van der Waals surface area contributed by atoms with E-state index in [-0.39, 0.29) is 0 Å². The summed E-state index contributed by atoms with van der Waals surface area (Å²) in [7, 11) is 0. The van der Waals surface area contributed by atoms with Gasteiger partial charge in [0.2, 0.25) is 0 Å². The van der Waals surface area contributed by atoms with Crippen molar-refractivity contribution < 1.29 is 16.0 Å². The van der Waals surface area contributed by atoms with Crippen LogP contribution in [0.4, 0.5) is 0 Å². The van der Waals surface area contributed by atoms with Crippen molar-refractivity contribution in [2.45, 2.75) is 38.5 Å². The van der Waals surface area contributed by atoms with Crippen LogP contribution < -0.4 is 16.0 Å². The lowest BCUT2D eigenvalue weighted by molar-refractivity contribution is -0.654. The third-order valence-corrected chi connectivity index (χ3v) is 4.98. The van der Waals surface area contributed by atoms with E-state index >= 15 is 0 Å². The fourth-order valence-corrected chi connectivity index (χ4v) is 3.53. The Bertz CT molecular complexity index is 578. The van der Waals surface area contributed by atoms with Gasteiger partial charge < -0.3 is 16.0 Å². The molecule has 0 spiro atoms. The Morgan fingerprint density at radius 3 is 0.704 bits per heavy atom. The molecule has 0 fully saturated rings. The molecule has 0 aliphatic carbocycles. The van der Waals surface area contributed by atoms with Gasteiger partial charge in [0.15, 0.2) is 0 Å². The quantitative estimate of drug-likeness (QED) is 0.430. The second kappa shape index (κ2) is 9.20. The molecule has 5 rings (SSSR count). The maximum atomic E-state index is 4.71. The van der Waals surface area contributed by atoms with Crippen LogP contribution in [0.25, 0.3) is 0 Å². The minimum atomic E-state index is 0.879. The topological polar surface area (TPSA) is 127 Å². The maximum absolute atomic E-state index is 4.71. The molecule has 2 aromatic rings. The van der Waals surface area contributed by atoms with Crippen LogP contribution in [0.3, 0.4) is 0 Å². The van der Waals surface area contributed by atoms with Gasteiger partial charge >= 0.3 is 0 Å². The zero-order valence-corrected chi connectivity index (χ0v) is 15.9. The number of hydrogen-bond donors (Lipinski definition) is 3. The summed E-state index contributed by atoms with van der Waals surface area (Å²) in [6.45, 7) is 5.87. The lowest BCUT2D eigenvalue weighted by Crippen LogP contribution is -2.85. The van der Waals surface area contributed by atoms with Crippen LogP contribution >= 0.6 is 0 Å². The van der Waals surface area contributed by atoms with Crippen LogP contribution in [0, 0.1) is 0 Å². The Hall–Kier alpha value is -2.10. The standard InChI is InChI=1S/C18H27N9/c1-7-19-8-2-16-25-17-5-11-20-9-3-14-22-13(1)23-15(24-14)4-10-21-12-6-18(26-16)27-17/h19-21H,1-12H2/p+3. The van der Waals surface area contributed by atoms with Gasteiger partial charge in [-0.05, 0) is 0 Å². The molecule has 27 heavy (non-hydrogen) atoms. The zero-order valence-electron chi connectivity index (χ0n) is 15.9. The van der Waals surface area contributed by atoms with Crippen molar-refractivity contribution in [2.24, 2.45) is 0 Å². The van der Waals surface area contributed by atoms with Crippen LogP contribution in [0.15, 0.2) is 0 Å². The molecule has 3 aliphatic heterocycles. The van der Waals surface area contributed by atoms with E-state index in [1.807, 2.05) is 0 Å². The van der Waals surface area contributed by atoms with Gasteiger partial charge in [0, 0.05) is 0 Å². The Morgan fingerprint density at radius 2 is 0.519 bits per heavy atom. The molecule has 5 heterocycles. The summed E-state index contributed by atoms with van der Waals surface area (Å²) < 4.78 is 0. The Labute approximate surface area is 159 Å². The molecule has 9 nitrogen and oxygen atoms in total. The molecule has 6 bridgehead atoms. The van der Waals surface area contributed by atoms with Crippen molar-refractivity contribution in [3.05, 3.63) is 34.9 Å². The fraction of sp³-hybridized carbons (Fsp3) is 0.667. The van der Waals surface area contributed by atoms with Crippen molar-refractivity contribution in [3.63, 3.8) is 0 Å². The van der Waals surface area contributed by atoms with Crippen LogP contribution in [-0.4, -0.2) is 69.2 Å². The predicted molar refractivity (Wildman–Crippen MR) is 96.9 cm³/mol. The number of quaternary nitrogens is 3. The van der Waals surface area contributed by atoms with E-state index in [1.165, 1.54) is 0 Å². The smallest absolute Gasteiger partial charge is 0.138 e. The normalized spacial score (nSPS) is 19.1. The largest absolute Gasteiger partial charge is 0.346 e. The highest BCUT2D eigenvalue weighted by molar-refractivity contribution is 5.00. The lowest BCUT2D eigenvalue weighted by Gasteiger charge is -2.10. The molecular formula is C18H30N9+3. The first-order chi connectivity index (χ1) is 13.3. The third kappa shape index (κ3) is 5.44. The van der Waals surface area contributed by atoms with Gasteiger partial charge in [0.25, 0.3) is 0 Å². The maximum Gasteiger partial charge on any atom is 0.138 e. The Morgan fingerprint density at radius 1 is 0.333 bits per heavy atom. The van der Waals surface area contributed by atoms with Gasteiger partial charge in [-0.25, -0.2) is 29.9 Å².